The molecule has 3 rings (SSSR count). The van der Waals surface area contributed by atoms with Gasteiger partial charge in [0.15, 0.2) is 5.13 Å². The molecule has 1 heterocycles. The molecule has 4 nitrogen and oxygen atoms in total. The Labute approximate surface area is 184 Å². The molecule has 0 aliphatic heterocycles. The molecule has 0 saturated heterocycles. The number of amides is 1. The molecule has 152 valence electrons. The maximum atomic E-state index is 12.3. The predicted octanol–water partition coefficient (Wildman–Crippen LogP) is 6.68. The number of hydrogen-bond donors (Lipinski definition) is 1. The molecule has 1 amide bonds. The van der Waals surface area contributed by atoms with Crippen molar-refractivity contribution in [3.05, 3.63) is 58.4 Å². The van der Waals surface area contributed by atoms with Crippen molar-refractivity contribution in [1.82, 2.24) is 4.98 Å². The fraction of sp³-hybridized carbons (Fsp3) is 0.273. The first kappa shape index (κ1) is 21.7. The second-order valence-electron chi connectivity index (χ2n) is 6.34. The van der Waals surface area contributed by atoms with Crippen LogP contribution in [0.4, 0.5) is 5.13 Å². The molecule has 7 heteroatoms. The van der Waals surface area contributed by atoms with Gasteiger partial charge in [0.05, 0.1) is 12.3 Å². The van der Waals surface area contributed by atoms with E-state index < -0.39 is 0 Å². The quantitative estimate of drug-likeness (QED) is 0.294. The van der Waals surface area contributed by atoms with Gasteiger partial charge in [0.1, 0.15) is 5.75 Å². The lowest BCUT2D eigenvalue weighted by Gasteiger charge is -2.04. The van der Waals surface area contributed by atoms with Crippen LogP contribution < -0.4 is 10.1 Å². The van der Waals surface area contributed by atoms with Gasteiger partial charge in [-0.05, 0) is 74.6 Å². The van der Waals surface area contributed by atoms with Crippen LogP contribution >= 0.6 is 34.7 Å². The van der Waals surface area contributed by atoms with Crippen molar-refractivity contribution in [3.63, 3.8) is 0 Å². The van der Waals surface area contributed by atoms with Crippen LogP contribution in [-0.4, -0.2) is 23.3 Å². The number of anilines is 1. The molecular formula is C22H23ClN2O2S2. The van der Waals surface area contributed by atoms with Crippen molar-refractivity contribution in [2.45, 2.75) is 31.6 Å². The Balaban J connectivity index is 1.49. The van der Waals surface area contributed by atoms with Gasteiger partial charge in [-0.25, -0.2) is 4.98 Å². The SMILES string of the molecule is CCOc1ccc(-c2nc(NC(=O)CCCSc3ccc(Cl)cc3)sc2C)cc1. The summed E-state index contributed by atoms with van der Waals surface area (Å²) >= 11 is 9.11. The number of nitrogens with zero attached hydrogens (tertiary/aromatic N) is 1. The van der Waals surface area contributed by atoms with E-state index in [0.717, 1.165) is 44.0 Å². The van der Waals surface area contributed by atoms with Crippen molar-refractivity contribution < 1.29 is 9.53 Å². The zero-order chi connectivity index (χ0) is 20.6. The third-order valence-electron chi connectivity index (χ3n) is 4.11. The highest BCUT2D eigenvalue weighted by atomic mass is 35.5. The molecule has 0 bridgehead atoms. The van der Waals surface area contributed by atoms with E-state index in [-0.39, 0.29) is 5.91 Å². The van der Waals surface area contributed by atoms with Crippen LogP contribution in [0.2, 0.25) is 5.02 Å². The van der Waals surface area contributed by atoms with Crippen LogP contribution in [0.5, 0.6) is 5.75 Å². The second-order valence-corrected chi connectivity index (χ2v) is 9.14. The first-order valence-electron chi connectivity index (χ1n) is 9.44. The minimum atomic E-state index is -0.00583. The van der Waals surface area contributed by atoms with Gasteiger partial charge in [0.2, 0.25) is 5.91 Å². The molecule has 1 aromatic heterocycles. The predicted molar refractivity (Wildman–Crippen MR) is 123 cm³/mol. The second kappa shape index (κ2) is 10.7. The summed E-state index contributed by atoms with van der Waals surface area (Å²) in [5.41, 5.74) is 1.91. The van der Waals surface area contributed by atoms with Gasteiger partial charge in [-0.1, -0.05) is 11.6 Å². The van der Waals surface area contributed by atoms with Gasteiger partial charge in [0, 0.05) is 26.8 Å². The Morgan fingerprint density at radius 2 is 1.90 bits per heavy atom. The normalized spacial score (nSPS) is 10.7. The van der Waals surface area contributed by atoms with E-state index in [1.165, 1.54) is 11.3 Å². The minimum Gasteiger partial charge on any atom is -0.494 e. The van der Waals surface area contributed by atoms with Gasteiger partial charge in [0.25, 0.3) is 0 Å². The fourth-order valence-electron chi connectivity index (χ4n) is 2.73. The largest absolute Gasteiger partial charge is 0.494 e. The molecule has 29 heavy (non-hydrogen) atoms. The number of rotatable bonds is 9. The molecule has 0 saturated carbocycles. The van der Waals surface area contributed by atoms with Gasteiger partial charge in [-0.2, -0.15) is 0 Å². The van der Waals surface area contributed by atoms with Crippen molar-refractivity contribution >= 4 is 45.7 Å². The lowest BCUT2D eigenvalue weighted by atomic mass is 10.1. The fourth-order valence-corrected chi connectivity index (χ4v) is 4.56. The first-order chi connectivity index (χ1) is 14.0. The van der Waals surface area contributed by atoms with Gasteiger partial charge in [-0.15, -0.1) is 23.1 Å². The Kier molecular flexibility index (Phi) is 7.98. The maximum absolute atomic E-state index is 12.3. The van der Waals surface area contributed by atoms with Crippen LogP contribution in [0.15, 0.2) is 53.4 Å². The van der Waals surface area contributed by atoms with Gasteiger partial charge < -0.3 is 10.1 Å². The lowest BCUT2D eigenvalue weighted by molar-refractivity contribution is -0.116. The van der Waals surface area contributed by atoms with Crippen molar-refractivity contribution in [2.24, 2.45) is 0 Å². The average Bonchev–Trinajstić information content (AvgIpc) is 3.07. The first-order valence-corrected chi connectivity index (χ1v) is 11.6. The van der Waals surface area contributed by atoms with E-state index in [1.807, 2.05) is 62.4 Å². The molecule has 0 unspecified atom stereocenters. The molecule has 0 radical (unpaired) electrons. The average molecular weight is 447 g/mol. The van der Waals surface area contributed by atoms with Crippen molar-refractivity contribution in [3.8, 4) is 17.0 Å². The highest BCUT2D eigenvalue weighted by Gasteiger charge is 2.12. The molecule has 0 spiro atoms. The third kappa shape index (κ3) is 6.49. The molecule has 1 N–H and O–H groups in total. The number of benzene rings is 2. The van der Waals surface area contributed by atoms with Crippen LogP contribution in [0.1, 0.15) is 24.6 Å². The summed E-state index contributed by atoms with van der Waals surface area (Å²) < 4.78 is 5.48. The Bertz CT molecular complexity index is 940. The highest BCUT2D eigenvalue weighted by molar-refractivity contribution is 7.99. The number of carbonyl (C=O) groups is 1. The number of aryl methyl sites for hydroxylation is 1. The van der Waals surface area contributed by atoms with E-state index in [9.17, 15) is 4.79 Å². The maximum Gasteiger partial charge on any atom is 0.226 e. The summed E-state index contributed by atoms with van der Waals surface area (Å²) in [6, 6.07) is 15.6. The number of aromatic nitrogens is 1. The number of ether oxygens (including phenoxy) is 1. The third-order valence-corrected chi connectivity index (χ3v) is 6.35. The summed E-state index contributed by atoms with van der Waals surface area (Å²) in [4.78, 5) is 19.1. The highest BCUT2D eigenvalue weighted by Crippen LogP contribution is 2.31. The molecule has 0 aliphatic carbocycles. The smallest absolute Gasteiger partial charge is 0.226 e. The van der Waals surface area contributed by atoms with Crippen LogP contribution in [0.3, 0.4) is 0 Å². The number of hydrogen-bond acceptors (Lipinski definition) is 5. The monoisotopic (exact) mass is 446 g/mol. The topological polar surface area (TPSA) is 51.2 Å². The van der Waals surface area contributed by atoms with Gasteiger partial charge in [-0.3, -0.25) is 4.79 Å². The van der Waals surface area contributed by atoms with E-state index in [2.05, 4.69) is 10.3 Å². The molecule has 0 aliphatic rings. The number of halogens is 1. The number of nitrogens with one attached hydrogen (secondary N) is 1. The summed E-state index contributed by atoms with van der Waals surface area (Å²) in [6.45, 7) is 4.62. The number of thioether (sulfide) groups is 1. The zero-order valence-corrected chi connectivity index (χ0v) is 18.8. The zero-order valence-electron chi connectivity index (χ0n) is 16.4. The van der Waals surface area contributed by atoms with Crippen LogP contribution in [0, 0.1) is 6.92 Å². The molecular weight excluding hydrogens is 424 g/mol. The summed E-state index contributed by atoms with van der Waals surface area (Å²) in [5, 5.41) is 4.30. The number of carbonyl (C=O) groups excluding carboxylic acids is 1. The molecule has 0 fully saturated rings. The molecule has 2 aromatic carbocycles. The van der Waals surface area contributed by atoms with E-state index in [1.54, 1.807) is 11.8 Å². The van der Waals surface area contributed by atoms with E-state index in [0.29, 0.717) is 18.2 Å². The van der Waals surface area contributed by atoms with Crippen molar-refractivity contribution in [2.75, 3.05) is 17.7 Å². The summed E-state index contributed by atoms with van der Waals surface area (Å²) in [6.07, 6.45) is 1.27. The summed E-state index contributed by atoms with van der Waals surface area (Å²) in [7, 11) is 0. The molecule has 3 aromatic rings. The standard InChI is InChI=1S/C22H23ClN2O2S2/c1-3-27-18-10-6-16(7-11-18)21-15(2)29-22(25-21)24-20(26)5-4-14-28-19-12-8-17(23)9-13-19/h6-13H,3-5,14H2,1-2H3,(H,24,25,26). The Hall–Kier alpha value is -2.02. The van der Waals surface area contributed by atoms with E-state index in [4.69, 9.17) is 16.3 Å². The van der Waals surface area contributed by atoms with Gasteiger partial charge >= 0.3 is 0 Å². The van der Waals surface area contributed by atoms with Crippen LogP contribution in [-0.2, 0) is 4.79 Å². The van der Waals surface area contributed by atoms with E-state index >= 15 is 0 Å². The lowest BCUT2D eigenvalue weighted by Crippen LogP contribution is -2.11. The van der Waals surface area contributed by atoms with Crippen molar-refractivity contribution in [1.29, 1.82) is 0 Å². The number of thiazole rings is 1. The summed E-state index contributed by atoms with van der Waals surface area (Å²) in [5.74, 6) is 1.71. The Morgan fingerprint density at radius 3 is 2.59 bits per heavy atom. The Morgan fingerprint density at radius 1 is 1.17 bits per heavy atom. The minimum absolute atomic E-state index is 0.00583. The molecule has 0 atom stereocenters. The van der Waals surface area contributed by atoms with Crippen LogP contribution in [0.25, 0.3) is 11.3 Å².